The Morgan fingerprint density at radius 1 is 0.628 bits per heavy atom. The minimum absolute atomic E-state index is 0.283. The zero-order valence-electron chi connectivity index (χ0n) is 25.3. The molecule has 5 aromatic carbocycles. The SMILES string of the molecule is C=C(/C=C(/C#N)C=N)c1ccc(-c2ccc3c(c2)-c2ccccc2C32c3ccccc3-c3ccccc32)cc1.CC.CC. The molecule has 0 aliphatic heterocycles. The van der Waals surface area contributed by atoms with Gasteiger partial charge in [-0.2, -0.15) is 5.26 Å². The molecule has 0 saturated heterocycles. The normalized spacial score (nSPS) is 12.7. The first-order chi connectivity index (χ1) is 21.2. The molecule has 1 spiro atoms. The van der Waals surface area contributed by atoms with Gasteiger partial charge in [0.2, 0.25) is 0 Å². The quantitative estimate of drug-likeness (QED) is 0.131. The molecule has 0 fully saturated rings. The van der Waals surface area contributed by atoms with Gasteiger partial charge in [-0.1, -0.05) is 143 Å². The second-order valence-electron chi connectivity index (χ2n) is 10.1. The van der Waals surface area contributed by atoms with Crippen LogP contribution in [0.1, 0.15) is 55.5 Å². The summed E-state index contributed by atoms with van der Waals surface area (Å²) < 4.78 is 0. The van der Waals surface area contributed by atoms with E-state index in [2.05, 4.69) is 110 Å². The van der Waals surface area contributed by atoms with Crippen molar-refractivity contribution in [3.05, 3.63) is 161 Å². The molecule has 0 bridgehead atoms. The van der Waals surface area contributed by atoms with E-state index in [1.54, 1.807) is 6.08 Å². The molecule has 2 aliphatic carbocycles. The molecule has 0 amide bonds. The van der Waals surface area contributed by atoms with Gasteiger partial charge in [-0.25, -0.2) is 0 Å². The molecule has 0 saturated carbocycles. The van der Waals surface area contributed by atoms with Crippen LogP contribution in [-0.2, 0) is 5.41 Å². The second kappa shape index (κ2) is 12.3. The molecule has 7 rings (SSSR count). The lowest BCUT2D eigenvalue weighted by molar-refractivity contribution is 0.794. The molecular weight excluding hydrogens is 520 g/mol. The number of benzene rings is 5. The first kappa shape index (κ1) is 29.2. The van der Waals surface area contributed by atoms with Crippen molar-refractivity contribution in [1.82, 2.24) is 0 Å². The van der Waals surface area contributed by atoms with Crippen LogP contribution in [0.5, 0.6) is 0 Å². The van der Waals surface area contributed by atoms with Crippen molar-refractivity contribution in [3.63, 3.8) is 0 Å². The third-order valence-electron chi connectivity index (χ3n) is 8.20. The number of fused-ring (bicyclic) bond motifs is 10. The van der Waals surface area contributed by atoms with E-state index in [9.17, 15) is 0 Å². The van der Waals surface area contributed by atoms with Gasteiger partial charge in [-0.3, -0.25) is 0 Å². The van der Waals surface area contributed by atoms with Gasteiger partial charge in [-0.15, -0.1) is 0 Å². The molecule has 0 unspecified atom stereocenters. The first-order valence-electron chi connectivity index (χ1n) is 15.0. The maximum atomic E-state index is 9.14. The highest BCUT2D eigenvalue weighted by Crippen LogP contribution is 2.62. The smallest absolute Gasteiger partial charge is 0.101 e. The number of nitrogens with zero attached hydrogens (tertiary/aromatic N) is 1. The lowest BCUT2D eigenvalue weighted by Gasteiger charge is -2.30. The van der Waals surface area contributed by atoms with Gasteiger partial charge in [0.15, 0.2) is 0 Å². The predicted octanol–water partition coefficient (Wildman–Crippen LogP) is 10.9. The largest absolute Gasteiger partial charge is 0.307 e. The maximum Gasteiger partial charge on any atom is 0.101 e. The van der Waals surface area contributed by atoms with E-state index in [1.807, 2.05) is 45.9 Å². The van der Waals surface area contributed by atoms with Crippen LogP contribution >= 0.6 is 0 Å². The third kappa shape index (κ3) is 4.55. The van der Waals surface area contributed by atoms with Crippen molar-refractivity contribution in [2.45, 2.75) is 33.1 Å². The van der Waals surface area contributed by atoms with E-state index < -0.39 is 0 Å². The summed E-state index contributed by atoms with van der Waals surface area (Å²) in [5.74, 6) is 0. The molecule has 2 aliphatic rings. The molecule has 0 atom stereocenters. The van der Waals surface area contributed by atoms with Crippen molar-refractivity contribution in [3.8, 4) is 39.4 Å². The fourth-order valence-electron chi connectivity index (χ4n) is 6.53. The van der Waals surface area contributed by atoms with Crippen molar-refractivity contribution < 1.29 is 0 Å². The minimum atomic E-state index is -0.321. The van der Waals surface area contributed by atoms with Crippen LogP contribution in [-0.4, -0.2) is 6.21 Å². The van der Waals surface area contributed by atoms with Crippen LogP contribution in [0.3, 0.4) is 0 Å². The Labute approximate surface area is 255 Å². The number of allylic oxidation sites excluding steroid dienone is 3. The summed E-state index contributed by atoms with van der Waals surface area (Å²) >= 11 is 0. The summed E-state index contributed by atoms with van der Waals surface area (Å²) in [7, 11) is 0. The van der Waals surface area contributed by atoms with Crippen LogP contribution < -0.4 is 0 Å². The molecule has 0 heterocycles. The van der Waals surface area contributed by atoms with Crippen LogP contribution in [0.25, 0.3) is 39.0 Å². The average Bonchev–Trinajstić information content (AvgIpc) is 3.56. The fourth-order valence-corrected chi connectivity index (χ4v) is 6.53. The topological polar surface area (TPSA) is 47.6 Å². The zero-order chi connectivity index (χ0) is 30.6. The standard InChI is InChI=1S/C37H24N2.2C2H6/c1-24(20-25(22-38)23-39)26-14-16-27(17-15-26)28-18-19-36-32(21-28)31-10-4-7-13-35(31)37(36)33-11-5-2-8-29(33)30-9-3-6-12-34(30)37;2*1-2/h2-22,38H,1H2;2*1-2H3/b25-20+,38-22?;;. The van der Waals surface area contributed by atoms with E-state index in [0.29, 0.717) is 5.57 Å². The summed E-state index contributed by atoms with van der Waals surface area (Å²) in [6, 6.07) is 43.7. The average molecular weight is 557 g/mol. The molecule has 2 heteroatoms. The Bertz CT molecular complexity index is 1850. The lowest BCUT2D eigenvalue weighted by atomic mass is 9.70. The van der Waals surface area contributed by atoms with Crippen LogP contribution in [0.2, 0.25) is 0 Å². The Morgan fingerprint density at radius 2 is 1.07 bits per heavy atom. The van der Waals surface area contributed by atoms with Crippen LogP contribution in [0, 0.1) is 16.7 Å². The van der Waals surface area contributed by atoms with Gasteiger partial charge in [0.25, 0.3) is 0 Å². The van der Waals surface area contributed by atoms with E-state index in [-0.39, 0.29) is 11.0 Å². The van der Waals surface area contributed by atoms with Gasteiger partial charge in [0.1, 0.15) is 6.07 Å². The summed E-state index contributed by atoms with van der Waals surface area (Å²) in [6.07, 6.45) is 2.70. The van der Waals surface area contributed by atoms with Gasteiger partial charge < -0.3 is 5.41 Å². The monoisotopic (exact) mass is 556 g/mol. The molecule has 0 aromatic heterocycles. The van der Waals surface area contributed by atoms with Crippen LogP contribution in [0.15, 0.2) is 133 Å². The predicted molar refractivity (Wildman–Crippen MR) is 182 cm³/mol. The molecule has 0 radical (unpaired) electrons. The number of rotatable bonds is 4. The Kier molecular flexibility index (Phi) is 8.37. The molecule has 2 nitrogen and oxygen atoms in total. The summed E-state index contributed by atoms with van der Waals surface area (Å²) in [4.78, 5) is 0. The van der Waals surface area contributed by atoms with Crippen molar-refractivity contribution in [2.24, 2.45) is 0 Å². The van der Waals surface area contributed by atoms with Crippen molar-refractivity contribution in [1.29, 1.82) is 10.7 Å². The molecule has 1 N–H and O–H groups in total. The molecular formula is C41H36N2. The fraction of sp³-hybridized carbons (Fsp3) is 0.122. The second-order valence-corrected chi connectivity index (χ2v) is 10.1. The van der Waals surface area contributed by atoms with Crippen LogP contribution in [0.4, 0.5) is 0 Å². The highest BCUT2D eigenvalue weighted by molar-refractivity contribution is 5.96. The van der Waals surface area contributed by atoms with Gasteiger partial charge in [0, 0.05) is 6.21 Å². The zero-order valence-corrected chi connectivity index (χ0v) is 25.3. The van der Waals surface area contributed by atoms with Gasteiger partial charge in [0.05, 0.1) is 11.0 Å². The van der Waals surface area contributed by atoms with Gasteiger partial charge in [-0.05, 0) is 78.9 Å². The number of hydrogen-bond donors (Lipinski definition) is 1. The van der Waals surface area contributed by atoms with E-state index >= 15 is 0 Å². The molecule has 5 aromatic rings. The third-order valence-corrected chi connectivity index (χ3v) is 8.20. The highest BCUT2D eigenvalue weighted by atomic mass is 14.5. The lowest BCUT2D eigenvalue weighted by Crippen LogP contribution is -2.25. The Hall–Kier alpha value is -5.26. The van der Waals surface area contributed by atoms with E-state index in [1.165, 1.54) is 44.5 Å². The Morgan fingerprint density at radius 3 is 1.56 bits per heavy atom. The maximum absolute atomic E-state index is 9.14. The van der Waals surface area contributed by atoms with Gasteiger partial charge >= 0.3 is 0 Å². The van der Waals surface area contributed by atoms with E-state index in [0.717, 1.165) is 22.9 Å². The van der Waals surface area contributed by atoms with E-state index in [4.69, 9.17) is 10.7 Å². The minimum Gasteiger partial charge on any atom is -0.307 e. The summed E-state index contributed by atoms with van der Waals surface area (Å²) in [5, 5.41) is 16.5. The van der Waals surface area contributed by atoms with Crippen molar-refractivity contribution in [2.75, 3.05) is 0 Å². The Balaban J connectivity index is 0.000000885. The first-order valence-corrected chi connectivity index (χ1v) is 15.0. The molecule has 43 heavy (non-hydrogen) atoms. The van der Waals surface area contributed by atoms with Crippen molar-refractivity contribution >= 4 is 11.8 Å². The number of nitrogens with one attached hydrogen (secondary N) is 1. The summed E-state index contributed by atoms with van der Waals surface area (Å²) in [6.45, 7) is 12.1. The highest BCUT2D eigenvalue weighted by Gasteiger charge is 2.51. The number of hydrogen-bond acceptors (Lipinski definition) is 2. The summed E-state index contributed by atoms with van der Waals surface area (Å²) in [5.41, 5.74) is 14.4. The number of nitriles is 1. The molecule has 210 valence electrons.